The van der Waals surface area contributed by atoms with Crippen molar-refractivity contribution in [2.45, 2.75) is 20.0 Å². The monoisotopic (exact) mass is 542 g/mol. The van der Waals surface area contributed by atoms with E-state index in [-0.39, 0.29) is 27.4 Å². The fraction of sp³-hybridized carbons (Fsp3) is 0.148. The molecule has 1 N–H and O–H groups in total. The first kappa shape index (κ1) is 26.4. The molecule has 1 fully saturated rings. The minimum absolute atomic E-state index is 0.0488. The number of ether oxygens (including phenoxy) is 1. The zero-order valence-corrected chi connectivity index (χ0v) is 21.4. The van der Waals surface area contributed by atoms with Crippen molar-refractivity contribution in [2.75, 3.05) is 16.8 Å². The number of hydrogen-bond acceptors (Lipinski definition) is 5. The summed E-state index contributed by atoms with van der Waals surface area (Å²) in [4.78, 5) is 26.7. The van der Waals surface area contributed by atoms with Gasteiger partial charge in [0.2, 0.25) is 0 Å². The Morgan fingerprint density at radius 1 is 1.08 bits per heavy atom. The first-order valence-electron chi connectivity index (χ1n) is 11.1. The second kappa shape index (κ2) is 10.8. The van der Waals surface area contributed by atoms with E-state index in [1.54, 1.807) is 30.3 Å². The van der Waals surface area contributed by atoms with E-state index in [0.717, 1.165) is 39.9 Å². The second-order valence-electron chi connectivity index (χ2n) is 8.29. The van der Waals surface area contributed by atoms with Gasteiger partial charge in [-0.05, 0) is 73.0 Å². The Morgan fingerprint density at radius 3 is 2.59 bits per heavy atom. The number of carbonyl (C=O) groups is 2. The third kappa shape index (κ3) is 6.39. The number of hydrogen-bond donors (Lipinski definition) is 1. The van der Waals surface area contributed by atoms with Crippen LogP contribution in [0.2, 0.25) is 0 Å². The van der Waals surface area contributed by atoms with Crippen LogP contribution < -0.4 is 15.0 Å². The molecule has 0 bridgehead atoms. The van der Waals surface area contributed by atoms with Crippen LogP contribution in [-0.2, 0) is 15.8 Å². The summed E-state index contributed by atoms with van der Waals surface area (Å²) in [5.74, 6) is -0.423. The van der Waals surface area contributed by atoms with Gasteiger partial charge in [-0.15, -0.1) is 0 Å². The summed E-state index contributed by atoms with van der Waals surface area (Å²) in [5.41, 5.74) is 2.46. The van der Waals surface area contributed by atoms with Gasteiger partial charge in [0, 0.05) is 5.69 Å². The smallest absolute Gasteiger partial charge is 0.416 e. The zero-order chi connectivity index (χ0) is 26.7. The van der Waals surface area contributed by atoms with Crippen LogP contribution in [0.5, 0.6) is 5.75 Å². The van der Waals surface area contributed by atoms with Crippen LogP contribution >= 0.6 is 24.0 Å². The molecule has 0 radical (unpaired) electrons. The second-order valence-corrected chi connectivity index (χ2v) is 9.97. The van der Waals surface area contributed by atoms with Gasteiger partial charge in [-0.1, -0.05) is 54.3 Å². The molecule has 1 aliphatic rings. The third-order valence-corrected chi connectivity index (χ3v) is 6.72. The van der Waals surface area contributed by atoms with E-state index in [0.29, 0.717) is 17.0 Å². The number of benzene rings is 3. The quantitative estimate of drug-likeness (QED) is 0.276. The Morgan fingerprint density at radius 2 is 1.84 bits per heavy atom. The van der Waals surface area contributed by atoms with E-state index in [9.17, 15) is 22.8 Å². The Bertz CT molecular complexity index is 1420. The number of anilines is 2. The average molecular weight is 543 g/mol. The van der Waals surface area contributed by atoms with Crippen LogP contribution in [0.4, 0.5) is 24.5 Å². The van der Waals surface area contributed by atoms with E-state index < -0.39 is 17.6 Å². The number of nitrogens with one attached hydrogen (secondary N) is 1. The van der Waals surface area contributed by atoms with Crippen LogP contribution in [0.1, 0.15) is 22.3 Å². The highest BCUT2D eigenvalue weighted by molar-refractivity contribution is 8.27. The highest BCUT2D eigenvalue weighted by Gasteiger charge is 2.36. The number of alkyl halides is 3. The molecule has 190 valence electrons. The van der Waals surface area contributed by atoms with E-state index in [4.69, 9.17) is 17.0 Å². The number of nitrogens with zero attached hydrogens (tertiary/aromatic N) is 1. The Kier molecular flexibility index (Phi) is 7.70. The standard InChI is InChI=1S/C27H21F3N2O3S2/c1-16-9-10-17(2)22(11-16)31-24(33)15-35-21-8-3-5-18(12-21)13-23-25(34)32(26(36)37-23)20-7-4-6-19(14-20)27(28,29)30/h3-14H,15H2,1-2H3,(H,31,33)/b23-13-. The van der Waals surface area contributed by atoms with Crippen molar-refractivity contribution in [1.82, 2.24) is 0 Å². The van der Waals surface area contributed by atoms with Crippen LogP contribution in [0, 0.1) is 13.8 Å². The van der Waals surface area contributed by atoms with Gasteiger partial charge in [-0.3, -0.25) is 14.5 Å². The van der Waals surface area contributed by atoms with Crippen LogP contribution in [0.15, 0.2) is 71.6 Å². The molecule has 0 aromatic heterocycles. The van der Waals surface area contributed by atoms with Crippen molar-refractivity contribution in [1.29, 1.82) is 0 Å². The Hall–Kier alpha value is -3.63. The summed E-state index contributed by atoms with van der Waals surface area (Å²) in [5, 5.41) is 2.82. The highest BCUT2D eigenvalue weighted by Crippen LogP contribution is 2.38. The van der Waals surface area contributed by atoms with Crippen molar-refractivity contribution < 1.29 is 27.5 Å². The van der Waals surface area contributed by atoms with Crippen molar-refractivity contribution in [3.8, 4) is 5.75 Å². The lowest BCUT2D eigenvalue weighted by atomic mass is 10.1. The van der Waals surface area contributed by atoms with E-state index >= 15 is 0 Å². The number of aryl methyl sites for hydroxylation is 2. The van der Waals surface area contributed by atoms with E-state index in [1.807, 2.05) is 32.0 Å². The predicted octanol–water partition coefficient (Wildman–Crippen LogP) is 6.75. The van der Waals surface area contributed by atoms with Gasteiger partial charge < -0.3 is 10.1 Å². The molecule has 0 saturated carbocycles. The summed E-state index contributed by atoms with van der Waals surface area (Å²) >= 11 is 6.27. The van der Waals surface area contributed by atoms with E-state index in [1.165, 1.54) is 12.1 Å². The first-order valence-corrected chi connectivity index (χ1v) is 12.3. The third-order valence-electron chi connectivity index (χ3n) is 5.42. The Balaban J connectivity index is 1.45. The number of thioether (sulfide) groups is 1. The Labute approximate surface area is 221 Å². The fourth-order valence-electron chi connectivity index (χ4n) is 3.56. The summed E-state index contributed by atoms with van der Waals surface area (Å²) < 4.78 is 45.1. The topological polar surface area (TPSA) is 58.6 Å². The average Bonchev–Trinajstić information content (AvgIpc) is 3.12. The van der Waals surface area contributed by atoms with Gasteiger partial charge in [-0.2, -0.15) is 13.2 Å². The number of halogens is 3. The van der Waals surface area contributed by atoms with Crippen molar-refractivity contribution >= 4 is 57.6 Å². The van der Waals surface area contributed by atoms with Gasteiger partial charge in [0.1, 0.15) is 5.75 Å². The maximum atomic E-state index is 13.1. The summed E-state index contributed by atoms with van der Waals surface area (Å²) in [6.07, 6.45) is -2.96. The van der Waals surface area contributed by atoms with Crippen molar-refractivity contribution in [2.24, 2.45) is 0 Å². The molecule has 37 heavy (non-hydrogen) atoms. The van der Waals surface area contributed by atoms with Gasteiger partial charge >= 0.3 is 6.18 Å². The maximum absolute atomic E-state index is 13.1. The molecular weight excluding hydrogens is 521 g/mol. The van der Waals surface area contributed by atoms with Gasteiger partial charge in [0.05, 0.1) is 16.2 Å². The lowest BCUT2D eigenvalue weighted by Crippen LogP contribution is -2.27. The molecule has 10 heteroatoms. The van der Waals surface area contributed by atoms with Gasteiger partial charge in [0.25, 0.3) is 11.8 Å². The lowest BCUT2D eigenvalue weighted by Gasteiger charge is -2.16. The van der Waals surface area contributed by atoms with Crippen LogP contribution in [0.25, 0.3) is 6.08 Å². The van der Waals surface area contributed by atoms with Gasteiger partial charge in [0.15, 0.2) is 10.9 Å². The predicted molar refractivity (Wildman–Crippen MR) is 144 cm³/mol. The molecule has 3 aromatic rings. The molecule has 1 saturated heterocycles. The fourth-order valence-corrected chi connectivity index (χ4v) is 4.86. The molecule has 4 rings (SSSR count). The zero-order valence-electron chi connectivity index (χ0n) is 19.8. The normalized spacial score (nSPS) is 14.8. The van der Waals surface area contributed by atoms with Gasteiger partial charge in [-0.25, -0.2) is 0 Å². The molecule has 3 aromatic carbocycles. The number of thiocarbonyl (C=S) groups is 1. The molecule has 0 aliphatic carbocycles. The molecule has 1 heterocycles. The number of carbonyl (C=O) groups excluding carboxylic acids is 2. The molecule has 0 spiro atoms. The van der Waals surface area contributed by atoms with Crippen LogP contribution in [-0.4, -0.2) is 22.7 Å². The minimum Gasteiger partial charge on any atom is -0.484 e. The minimum atomic E-state index is -4.54. The summed E-state index contributed by atoms with van der Waals surface area (Å²) in [6, 6.07) is 17.0. The first-order chi connectivity index (χ1) is 17.5. The molecule has 1 aliphatic heterocycles. The van der Waals surface area contributed by atoms with E-state index in [2.05, 4.69) is 5.32 Å². The lowest BCUT2D eigenvalue weighted by molar-refractivity contribution is -0.137. The number of amides is 2. The van der Waals surface area contributed by atoms with Crippen LogP contribution in [0.3, 0.4) is 0 Å². The SMILES string of the molecule is Cc1ccc(C)c(NC(=O)COc2cccc(/C=C3\SC(=S)N(c4cccc(C(F)(F)F)c4)C3=O)c2)c1. The summed E-state index contributed by atoms with van der Waals surface area (Å²) in [6.45, 7) is 3.62. The largest absolute Gasteiger partial charge is 0.484 e. The molecular formula is C27H21F3N2O3S2. The van der Waals surface area contributed by atoms with Crippen molar-refractivity contribution in [3.05, 3.63) is 93.9 Å². The summed E-state index contributed by atoms with van der Waals surface area (Å²) in [7, 11) is 0. The molecule has 0 unspecified atom stereocenters. The highest BCUT2D eigenvalue weighted by atomic mass is 32.2. The van der Waals surface area contributed by atoms with Crippen molar-refractivity contribution in [3.63, 3.8) is 0 Å². The molecule has 5 nitrogen and oxygen atoms in total. The molecule has 0 atom stereocenters. The maximum Gasteiger partial charge on any atom is 0.416 e. The number of rotatable bonds is 6. The molecule has 2 amide bonds.